The number of carbonyl (C=O) groups is 1. The van der Waals surface area contributed by atoms with E-state index < -0.39 is 5.54 Å². The largest absolute Gasteiger partial charge is 0.294 e. The van der Waals surface area contributed by atoms with Crippen molar-refractivity contribution in [1.82, 2.24) is 0 Å². The SMILES string of the molecule is O=C(CC1(c2ccccc2)C=C(c2ccccc2)N=N1)c1ccccc1. The van der Waals surface area contributed by atoms with Gasteiger partial charge < -0.3 is 0 Å². The zero-order chi connectivity index (χ0) is 17.8. The van der Waals surface area contributed by atoms with Gasteiger partial charge in [0.1, 0.15) is 5.54 Å². The van der Waals surface area contributed by atoms with Gasteiger partial charge in [-0.25, -0.2) is 0 Å². The Morgan fingerprint density at radius 1 is 0.769 bits per heavy atom. The predicted octanol–water partition coefficient (Wildman–Crippen LogP) is 5.66. The van der Waals surface area contributed by atoms with Gasteiger partial charge in [-0.3, -0.25) is 4.79 Å². The van der Waals surface area contributed by atoms with E-state index in [1.165, 1.54) is 0 Å². The third kappa shape index (κ3) is 3.11. The van der Waals surface area contributed by atoms with Crippen LogP contribution in [0.2, 0.25) is 0 Å². The Hall–Kier alpha value is -3.33. The van der Waals surface area contributed by atoms with Gasteiger partial charge in [0.05, 0.1) is 5.70 Å². The van der Waals surface area contributed by atoms with Crippen LogP contribution in [0.1, 0.15) is 27.9 Å². The van der Waals surface area contributed by atoms with Crippen molar-refractivity contribution < 1.29 is 4.79 Å². The lowest BCUT2D eigenvalue weighted by Crippen LogP contribution is -2.23. The van der Waals surface area contributed by atoms with Crippen molar-refractivity contribution in [3.8, 4) is 0 Å². The highest BCUT2D eigenvalue weighted by Gasteiger charge is 2.37. The summed E-state index contributed by atoms with van der Waals surface area (Å²) in [7, 11) is 0. The average Bonchev–Trinajstić information content (AvgIpc) is 3.15. The number of ketones is 1. The summed E-state index contributed by atoms with van der Waals surface area (Å²) in [5.74, 6) is 0.0546. The van der Waals surface area contributed by atoms with Crippen LogP contribution in [-0.2, 0) is 5.54 Å². The predicted molar refractivity (Wildman–Crippen MR) is 103 cm³/mol. The number of rotatable bonds is 5. The van der Waals surface area contributed by atoms with E-state index in [9.17, 15) is 4.79 Å². The molecule has 0 amide bonds. The number of benzene rings is 3. The molecule has 0 N–H and O–H groups in total. The normalized spacial score (nSPS) is 18.5. The molecule has 0 aliphatic carbocycles. The number of azo groups is 1. The smallest absolute Gasteiger partial charge is 0.166 e. The summed E-state index contributed by atoms with van der Waals surface area (Å²) in [5.41, 5.74) is 2.70. The number of hydrogen-bond donors (Lipinski definition) is 0. The van der Waals surface area contributed by atoms with E-state index in [4.69, 9.17) is 0 Å². The number of hydrogen-bond acceptors (Lipinski definition) is 3. The Morgan fingerprint density at radius 3 is 2.00 bits per heavy atom. The van der Waals surface area contributed by atoms with Gasteiger partial charge in [-0.2, -0.15) is 10.2 Å². The molecule has 3 heteroatoms. The lowest BCUT2D eigenvalue weighted by molar-refractivity contribution is 0.0961. The Kier molecular flexibility index (Phi) is 4.28. The molecule has 1 unspecified atom stereocenters. The summed E-state index contributed by atoms with van der Waals surface area (Å²) in [6.45, 7) is 0. The Balaban J connectivity index is 1.74. The molecule has 1 heterocycles. The van der Waals surface area contributed by atoms with Crippen molar-refractivity contribution in [2.75, 3.05) is 0 Å². The van der Waals surface area contributed by atoms with E-state index >= 15 is 0 Å². The van der Waals surface area contributed by atoms with Gasteiger partial charge >= 0.3 is 0 Å². The zero-order valence-corrected chi connectivity index (χ0v) is 14.2. The fourth-order valence-corrected chi connectivity index (χ4v) is 3.20. The Morgan fingerprint density at radius 2 is 1.35 bits per heavy atom. The van der Waals surface area contributed by atoms with Crippen molar-refractivity contribution in [3.63, 3.8) is 0 Å². The summed E-state index contributed by atoms with van der Waals surface area (Å²) >= 11 is 0. The minimum absolute atomic E-state index is 0.0546. The molecular formula is C23H18N2O. The number of Topliss-reactive ketones (excluding diaryl/α,β-unsaturated/α-hetero) is 1. The van der Waals surface area contributed by atoms with Gasteiger partial charge in [-0.15, -0.1) is 0 Å². The van der Waals surface area contributed by atoms with Crippen LogP contribution in [0.3, 0.4) is 0 Å². The second-order valence-corrected chi connectivity index (χ2v) is 6.35. The molecule has 3 nitrogen and oxygen atoms in total. The highest BCUT2D eigenvalue weighted by molar-refractivity contribution is 5.97. The maximum Gasteiger partial charge on any atom is 0.166 e. The lowest BCUT2D eigenvalue weighted by Gasteiger charge is -2.22. The summed E-state index contributed by atoms with van der Waals surface area (Å²) in [5, 5.41) is 8.99. The molecule has 1 atom stereocenters. The highest BCUT2D eigenvalue weighted by Crippen LogP contribution is 2.41. The molecule has 3 aromatic carbocycles. The van der Waals surface area contributed by atoms with E-state index in [1.54, 1.807) is 0 Å². The van der Waals surface area contributed by atoms with Crippen LogP contribution in [0.15, 0.2) is 107 Å². The van der Waals surface area contributed by atoms with Crippen LogP contribution >= 0.6 is 0 Å². The van der Waals surface area contributed by atoms with Gasteiger partial charge in [-0.1, -0.05) is 91.0 Å². The van der Waals surface area contributed by atoms with Crippen LogP contribution < -0.4 is 0 Å². The maximum atomic E-state index is 12.9. The molecule has 26 heavy (non-hydrogen) atoms. The van der Waals surface area contributed by atoms with Gasteiger partial charge in [0.25, 0.3) is 0 Å². The maximum absolute atomic E-state index is 12.9. The topological polar surface area (TPSA) is 41.8 Å². The first-order valence-corrected chi connectivity index (χ1v) is 8.62. The molecule has 4 rings (SSSR count). The minimum atomic E-state index is -0.765. The van der Waals surface area contributed by atoms with Crippen LogP contribution in [-0.4, -0.2) is 5.78 Å². The highest BCUT2D eigenvalue weighted by atomic mass is 16.1. The molecule has 0 radical (unpaired) electrons. The van der Waals surface area contributed by atoms with Crippen LogP contribution in [0.25, 0.3) is 5.70 Å². The summed E-state index contributed by atoms with van der Waals surface area (Å²) in [6, 6.07) is 29.2. The van der Waals surface area contributed by atoms with Crippen LogP contribution in [0.5, 0.6) is 0 Å². The summed E-state index contributed by atoms with van der Waals surface area (Å²) < 4.78 is 0. The van der Waals surface area contributed by atoms with Gasteiger partial charge in [0.15, 0.2) is 5.78 Å². The fraction of sp³-hybridized carbons (Fsp3) is 0.0870. The second kappa shape index (κ2) is 6.89. The molecule has 0 fully saturated rings. The monoisotopic (exact) mass is 338 g/mol. The van der Waals surface area contributed by atoms with Crippen molar-refractivity contribution in [2.45, 2.75) is 12.0 Å². The molecule has 126 valence electrons. The summed E-state index contributed by atoms with van der Waals surface area (Å²) in [4.78, 5) is 12.9. The first-order valence-electron chi connectivity index (χ1n) is 8.62. The Bertz CT molecular complexity index is 963. The molecule has 3 aromatic rings. The number of nitrogens with zero attached hydrogens (tertiary/aromatic N) is 2. The standard InChI is InChI=1S/C23H18N2O/c26-22(19-12-6-2-7-13-19)17-23(20-14-8-3-9-15-20)16-21(24-25-23)18-10-4-1-5-11-18/h1-16H,17H2. The average molecular weight is 338 g/mol. The zero-order valence-electron chi connectivity index (χ0n) is 14.2. The van der Waals surface area contributed by atoms with E-state index in [-0.39, 0.29) is 12.2 Å². The van der Waals surface area contributed by atoms with E-state index in [2.05, 4.69) is 10.2 Å². The lowest BCUT2D eigenvalue weighted by atomic mass is 9.83. The second-order valence-electron chi connectivity index (χ2n) is 6.35. The first kappa shape index (κ1) is 16.2. The van der Waals surface area contributed by atoms with Gasteiger partial charge in [-0.05, 0) is 11.6 Å². The number of carbonyl (C=O) groups excluding carboxylic acids is 1. The molecule has 0 saturated heterocycles. The third-order valence-electron chi connectivity index (χ3n) is 4.58. The van der Waals surface area contributed by atoms with Crippen LogP contribution in [0.4, 0.5) is 0 Å². The molecule has 0 aromatic heterocycles. The molecule has 0 spiro atoms. The van der Waals surface area contributed by atoms with E-state index in [0.717, 1.165) is 16.8 Å². The molecule has 1 aliphatic rings. The van der Waals surface area contributed by atoms with Crippen molar-refractivity contribution in [1.29, 1.82) is 0 Å². The van der Waals surface area contributed by atoms with Crippen molar-refractivity contribution >= 4 is 11.5 Å². The molecule has 1 aliphatic heterocycles. The molecule has 0 saturated carbocycles. The van der Waals surface area contributed by atoms with E-state index in [1.807, 2.05) is 97.1 Å². The van der Waals surface area contributed by atoms with E-state index in [0.29, 0.717) is 5.56 Å². The quantitative estimate of drug-likeness (QED) is 0.553. The van der Waals surface area contributed by atoms with Crippen molar-refractivity contribution in [2.24, 2.45) is 10.2 Å². The molecular weight excluding hydrogens is 320 g/mol. The Labute approximate surface area is 152 Å². The summed E-state index contributed by atoms with van der Waals surface area (Å²) in [6.07, 6.45) is 2.26. The van der Waals surface area contributed by atoms with Gasteiger partial charge in [0, 0.05) is 17.5 Å². The first-order chi connectivity index (χ1) is 12.8. The van der Waals surface area contributed by atoms with Gasteiger partial charge in [0.2, 0.25) is 0 Å². The van der Waals surface area contributed by atoms with Crippen LogP contribution in [0, 0.1) is 0 Å². The van der Waals surface area contributed by atoms with Crippen molar-refractivity contribution in [3.05, 3.63) is 114 Å². The third-order valence-corrected chi connectivity index (χ3v) is 4.58. The minimum Gasteiger partial charge on any atom is -0.294 e. The fourth-order valence-electron chi connectivity index (χ4n) is 3.20. The molecule has 0 bridgehead atoms.